The minimum Gasteiger partial charge on any atom is -0.349 e. The first-order chi connectivity index (χ1) is 8.18. The van der Waals surface area contributed by atoms with Crippen LogP contribution in [0.4, 0.5) is 0 Å². The summed E-state index contributed by atoms with van der Waals surface area (Å²) in [5.74, 6) is 0.492. The summed E-state index contributed by atoms with van der Waals surface area (Å²) in [5, 5.41) is 6.45. The molecule has 0 aliphatic carbocycles. The van der Waals surface area contributed by atoms with Crippen LogP contribution in [0.5, 0.6) is 0 Å². The molecule has 1 aromatic rings. The van der Waals surface area contributed by atoms with Gasteiger partial charge in [0, 0.05) is 10.5 Å². The summed E-state index contributed by atoms with van der Waals surface area (Å²) in [7, 11) is 0. The number of amides is 1. The lowest BCUT2D eigenvalue weighted by Crippen LogP contribution is -2.48. The number of hydrogen-bond donors (Lipinski definition) is 2. The topological polar surface area (TPSA) is 41.1 Å². The molecular weight excluding hydrogens is 280 g/mol. The molecule has 0 spiro atoms. The molecule has 1 fully saturated rings. The Morgan fingerprint density at radius 3 is 2.94 bits per heavy atom. The quantitative estimate of drug-likeness (QED) is 0.878. The van der Waals surface area contributed by atoms with Gasteiger partial charge in [0.1, 0.15) is 0 Å². The van der Waals surface area contributed by atoms with Gasteiger partial charge in [0.05, 0.1) is 5.56 Å². The largest absolute Gasteiger partial charge is 0.349 e. The molecule has 1 heterocycles. The average Bonchev–Trinajstić information content (AvgIpc) is 2.32. The molecule has 4 heteroatoms. The normalized spacial score (nSPS) is 24.4. The highest BCUT2D eigenvalue weighted by atomic mass is 79.9. The van der Waals surface area contributed by atoms with E-state index in [1.54, 1.807) is 0 Å². The monoisotopic (exact) mass is 296 g/mol. The zero-order chi connectivity index (χ0) is 12.3. The van der Waals surface area contributed by atoms with E-state index in [1.165, 1.54) is 0 Å². The standard InChI is InChI=1S/C13H17BrN2O/c1-9-8-15-7-6-12(9)16-13(17)10-4-2-3-5-11(10)14/h2-5,9,12,15H,6-8H2,1H3,(H,16,17). The molecule has 0 aromatic heterocycles. The van der Waals surface area contributed by atoms with Crippen molar-refractivity contribution < 1.29 is 4.79 Å². The zero-order valence-corrected chi connectivity index (χ0v) is 11.5. The smallest absolute Gasteiger partial charge is 0.252 e. The summed E-state index contributed by atoms with van der Waals surface area (Å²) < 4.78 is 0.846. The number of benzene rings is 1. The van der Waals surface area contributed by atoms with Crippen molar-refractivity contribution >= 4 is 21.8 Å². The molecular formula is C13H17BrN2O. The SMILES string of the molecule is CC1CNCCC1NC(=O)c1ccccc1Br. The summed E-state index contributed by atoms with van der Waals surface area (Å²) in [5.41, 5.74) is 0.707. The Balaban J connectivity index is 2.04. The fourth-order valence-corrected chi connectivity index (χ4v) is 2.58. The van der Waals surface area contributed by atoms with E-state index in [0.29, 0.717) is 11.5 Å². The molecule has 0 radical (unpaired) electrons. The van der Waals surface area contributed by atoms with Crippen molar-refractivity contribution in [1.82, 2.24) is 10.6 Å². The van der Waals surface area contributed by atoms with Crippen molar-refractivity contribution in [2.24, 2.45) is 5.92 Å². The Bertz CT molecular complexity index is 408. The lowest BCUT2D eigenvalue weighted by atomic mass is 9.95. The maximum atomic E-state index is 12.1. The van der Waals surface area contributed by atoms with Gasteiger partial charge in [0.25, 0.3) is 5.91 Å². The third-order valence-electron chi connectivity index (χ3n) is 3.22. The molecule has 1 amide bonds. The van der Waals surface area contributed by atoms with Gasteiger partial charge in [-0.15, -0.1) is 0 Å². The fourth-order valence-electron chi connectivity index (χ4n) is 2.12. The highest BCUT2D eigenvalue weighted by Gasteiger charge is 2.23. The summed E-state index contributed by atoms with van der Waals surface area (Å²) in [6, 6.07) is 7.79. The van der Waals surface area contributed by atoms with Gasteiger partial charge >= 0.3 is 0 Å². The Morgan fingerprint density at radius 1 is 1.47 bits per heavy atom. The first kappa shape index (κ1) is 12.6. The number of hydrogen-bond acceptors (Lipinski definition) is 2. The van der Waals surface area contributed by atoms with Crippen LogP contribution in [-0.2, 0) is 0 Å². The fraction of sp³-hybridized carbons (Fsp3) is 0.462. The Hall–Kier alpha value is -0.870. The van der Waals surface area contributed by atoms with Gasteiger partial charge in [0.15, 0.2) is 0 Å². The van der Waals surface area contributed by atoms with Gasteiger partial charge in [-0.3, -0.25) is 4.79 Å². The Labute approximate surface area is 110 Å². The highest BCUT2D eigenvalue weighted by molar-refractivity contribution is 9.10. The number of carbonyl (C=O) groups is 1. The van der Waals surface area contributed by atoms with Crippen molar-refractivity contribution in [3.63, 3.8) is 0 Å². The second-order valence-corrected chi connectivity index (χ2v) is 5.38. The molecule has 0 saturated carbocycles. The Kier molecular flexibility index (Phi) is 4.18. The number of rotatable bonds is 2. The highest BCUT2D eigenvalue weighted by Crippen LogP contribution is 2.17. The second-order valence-electron chi connectivity index (χ2n) is 4.53. The maximum absolute atomic E-state index is 12.1. The molecule has 17 heavy (non-hydrogen) atoms. The molecule has 2 unspecified atom stereocenters. The van der Waals surface area contributed by atoms with Crippen molar-refractivity contribution in [2.75, 3.05) is 13.1 Å². The van der Waals surface area contributed by atoms with E-state index in [-0.39, 0.29) is 11.9 Å². The molecule has 2 rings (SSSR count). The van der Waals surface area contributed by atoms with Gasteiger partial charge in [-0.1, -0.05) is 19.1 Å². The molecule has 1 aliphatic rings. The van der Waals surface area contributed by atoms with Crippen LogP contribution in [0.15, 0.2) is 28.7 Å². The van der Waals surface area contributed by atoms with Crippen LogP contribution in [0.1, 0.15) is 23.7 Å². The minimum atomic E-state index is 0.0104. The van der Waals surface area contributed by atoms with Crippen LogP contribution in [-0.4, -0.2) is 25.0 Å². The number of halogens is 1. The van der Waals surface area contributed by atoms with E-state index >= 15 is 0 Å². The van der Waals surface area contributed by atoms with Gasteiger partial charge in [-0.2, -0.15) is 0 Å². The summed E-state index contributed by atoms with van der Waals surface area (Å²) in [4.78, 5) is 12.1. The van der Waals surface area contributed by atoms with E-state index < -0.39 is 0 Å². The molecule has 2 atom stereocenters. The van der Waals surface area contributed by atoms with Crippen LogP contribution < -0.4 is 10.6 Å². The first-order valence-electron chi connectivity index (χ1n) is 5.94. The average molecular weight is 297 g/mol. The minimum absolute atomic E-state index is 0.0104. The van der Waals surface area contributed by atoms with Gasteiger partial charge < -0.3 is 10.6 Å². The van der Waals surface area contributed by atoms with Crippen molar-refractivity contribution in [3.05, 3.63) is 34.3 Å². The molecule has 92 valence electrons. The van der Waals surface area contributed by atoms with E-state index in [4.69, 9.17) is 0 Å². The molecule has 2 N–H and O–H groups in total. The lowest BCUT2D eigenvalue weighted by Gasteiger charge is -2.30. The van der Waals surface area contributed by atoms with E-state index in [1.807, 2.05) is 24.3 Å². The van der Waals surface area contributed by atoms with Crippen molar-refractivity contribution in [1.29, 1.82) is 0 Å². The van der Waals surface area contributed by atoms with Crippen molar-refractivity contribution in [2.45, 2.75) is 19.4 Å². The number of nitrogens with one attached hydrogen (secondary N) is 2. The summed E-state index contributed by atoms with van der Waals surface area (Å²) in [6.45, 7) is 4.11. The summed E-state index contributed by atoms with van der Waals surface area (Å²) in [6.07, 6.45) is 0.997. The van der Waals surface area contributed by atoms with Gasteiger partial charge in [0.2, 0.25) is 0 Å². The molecule has 1 saturated heterocycles. The molecule has 1 aliphatic heterocycles. The predicted molar refractivity (Wildman–Crippen MR) is 72.0 cm³/mol. The number of carbonyl (C=O) groups excluding carboxylic acids is 1. The van der Waals surface area contributed by atoms with E-state index in [2.05, 4.69) is 33.5 Å². The Morgan fingerprint density at radius 2 is 2.24 bits per heavy atom. The van der Waals surface area contributed by atoms with Crippen molar-refractivity contribution in [3.8, 4) is 0 Å². The lowest BCUT2D eigenvalue weighted by molar-refractivity contribution is 0.0913. The van der Waals surface area contributed by atoms with Crippen LogP contribution in [0, 0.1) is 5.92 Å². The van der Waals surface area contributed by atoms with E-state index in [0.717, 1.165) is 24.0 Å². The third-order valence-corrected chi connectivity index (χ3v) is 3.91. The summed E-state index contributed by atoms with van der Waals surface area (Å²) >= 11 is 3.40. The molecule has 3 nitrogen and oxygen atoms in total. The third kappa shape index (κ3) is 3.07. The van der Waals surface area contributed by atoms with Crippen LogP contribution in [0.25, 0.3) is 0 Å². The van der Waals surface area contributed by atoms with E-state index in [9.17, 15) is 4.79 Å². The zero-order valence-electron chi connectivity index (χ0n) is 9.87. The molecule has 0 bridgehead atoms. The van der Waals surface area contributed by atoms with Gasteiger partial charge in [-0.05, 0) is 53.5 Å². The number of piperidine rings is 1. The van der Waals surface area contributed by atoms with Crippen LogP contribution >= 0.6 is 15.9 Å². The van der Waals surface area contributed by atoms with Crippen LogP contribution in [0.3, 0.4) is 0 Å². The predicted octanol–water partition coefficient (Wildman–Crippen LogP) is 2.18. The molecule has 1 aromatic carbocycles. The van der Waals surface area contributed by atoms with Gasteiger partial charge in [-0.25, -0.2) is 0 Å². The first-order valence-corrected chi connectivity index (χ1v) is 6.74. The maximum Gasteiger partial charge on any atom is 0.252 e. The second kappa shape index (κ2) is 5.65. The van der Waals surface area contributed by atoms with Crippen LogP contribution in [0.2, 0.25) is 0 Å².